The Morgan fingerprint density at radius 1 is 1.07 bits per heavy atom. The molecule has 3 nitrogen and oxygen atoms in total. The van der Waals surface area contributed by atoms with Crippen LogP contribution < -0.4 is 5.32 Å². The van der Waals surface area contributed by atoms with E-state index >= 15 is 0 Å². The summed E-state index contributed by atoms with van der Waals surface area (Å²) in [6.45, 7) is 2.09. The van der Waals surface area contributed by atoms with E-state index in [9.17, 15) is 9.59 Å². The molecule has 0 saturated carbocycles. The molecular weight excluding hydrogens is 382 g/mol. The summed E-state index contributed by atoms with van der Waals surface area (Å²) in [5.74, 6) is -0.463. The first kappa shape index (κ1) is 19.9. The molecule has 0 aromatic heterocycles. The second-order valence-corrected chi connectivity index (χ2v) is 8.34. The average Bonchev–Trinajstić information content (AvgIpc) is 2.87. The number of hydrogen-bond acceptors (Lipinski definition) is 3. The summed E-state index contributed by atoms with van der Waals surface area (Å²) in [7, 11) is 0. The van der Waals surface area contributed by atoms with Gasteiger partial charge in [0.2, 0.25) is 0 Å². The monoisotopic (exact) mass is 407 g/mol. The van der Waals surface area contributed by atoms with Gasteiger partial charge in [-0.15, -0.1) is 0 Å². The number of carbonyl (C=O) groups is 2. The third-order valence-corrected chi connectivity index (χ3v) is 6.39. The van der Waals surface area contributed by atoms with Crippen molar-refractivity contribution in [3.8, 4) is 0 Å². The van der Waals surface area contributed by atoms with Crippen molar-refractivity contribution in [3.05, 3.63) is 76.0 Å². The summed E-state index contributed by atoms with van der Waals surface area (Å²) < 4.78 is 0. The van der Waals surface area contributed by atoms with E-state index in [4.69, 9.17) is 11.6 Å². The van der Waals surface area contributed by atoms with Crippen LogP contribution >= 0.6 is 11.6 Å². The molecule has 1 N–H and O–H groups in total. The molecule has 0 saturated heterocycles. The number of allylic oxidation sites excluding steroid dienone is 2. The molecule has 2 atom stereocenters. The number of rotatable bonds is 5. The number of para-hydroxylation sites is 1. The fraction of sp³-hybridized carbons (Fsp3) is 0.360. The number of hydrogen-bond donors (Lipinski definition) is 1. The van der Waals surface area contributed by atoms with E-state index < -0.39 is 5.92 Å². The maximum absolute atomic E-state index is 13.5. The highest BCUT2D eigenvalue weighted by molar-refractivity contribution is 6.31. The van der Waals surface area contributed by atoms with E-state index in [1.54, 1.807) is 0 Å². The zero-order valence-corrected chi connectivity index (χ0v) is 17.5. The van der Waals surface area contributed by atoms with E-state index in [1.165, 1.54) is 0 Å². The maximum Gasteiger partial charge on any atom is 0.161 e. The molecule has 4 heteroatoms. The molecule has 0 amide bonds. The molecule has 2 aromatic rings. The molecule has 4 rings (SSSR count). The third kappa shape index (κ3) is 3.76. The Bertz CT molecular complexity index is 978. The molecule has 1 aliphatic carbocycles. The fourth-order valence-corrected chi connectivity index (χ4v) is 4.93. The Morgan fingerprint density at radius 3 is 2.55 bits per heavy atom. The lowest BCUT2D eigenvalue weighted by Gasteiger charge is -2.30. The zero-order valence-electron chi connectivity index (χ0n) is 16.7. The van der Waals surface area contributed by atoms with Crippen LogP contribution in [0.4, 0.5) is 5.69 Å². The fourth-order valence-electron chi connectivity index (χ4n) is 4.67. The number of halogens is 1. The molecule has 0 radical (unpaired) electrons. The van der Waals surface area contributed by atoms with Crippen molar-refractivity contribution >= 4 is 28.9 Å². The first-order valence-corrected chi connectivity index (χ1v) is 10.9. The van der Waals surface area contributed by atoms with Gasteiger partial charge >= 0.3 is 0 Å². The number of benzene rings is 2. The van der Waals surface area contributed by atoms with Gasteiger partial charge in [0, 0.05) is 40.7 Å². The van der Waals surface area contributed by atoms with Crippen molar-refractivity contribution in [3.63, 3.8) is 0 Å². The minimum Gasteiger partial charge on any atom is -0.358 e. The number of unbranched alkanes of at least 4 members (excludes halogenated alkanes) is 1. The van der Waals surface area contributed by atoms with Crippen molar-refractivity contribution in [2.24, 2.45) is 0 Å². The van der Waals surface area contributed by atoms with Gasteiger partial charge < -0.3 is 5.32 Å². The molecule has 2 unspecified atom stereocenters. The molecule has 0 fully saturated rings. The number of nitrogens with one attached hydrogen (secondary N) is 1. The second kappa shape index (κ2) is 8.54. The minimum absolute atomic E-state index is 0.129. The molecule has 150 valence electrons. The van der Waals surface area contributed by atoms with Crippen LogP contribution in [0.5, 0.6) is 0 Å². The number of Topliss-reactive ketones (excluding diaryl/α,β-unsaturated/α-hetero) is 2. The number of anilines is 1. The van der Waals surface area contributed by atoms with Crippen LogP contribution in [0.1, 0.15) is 68.4 Å². The lowest BCUT2D eigenvalue weighted by atomic mass is 9.71. The van der Waals surface area contributed by atoms with Crippen LogP contribution in [0, 0.1) is 0 Å². The van der Waals surface area contributed by atoms with Crippen LogP contribution in [-0.4, -0.2) is 11.6 Å². The van der Waals surface area contributed by atoms with Gasteiger partial charge in [-0.05, 0) is 42.5 Å². The van der Waals surface area contributed by atoms with Gasteiger partial charge in [-0.2, -0.15) is 0 Å². The van der Waals surface area contributed by atoms with Gasteiger partial charge in [0.1, 0.15) is 5.78 Å². The number of carbonyl (C=O) groups excluding carboxylic acids is 2. The van der Waals surface area contributed by atoms with Crippen molar-refractivity contribution in [2.75, 3.05) is 5.32 Å². The van der Waals surface area contributed by atoms with Crippen LogP contribution in [-0.2, 0) is 9.59 Å². The van der Waals surface area contributed by atoms with Gasteiger partial charge in [-0.25, -0.2) is 0 Å². The first-order valence-electron chi connectivity index (χ1n) is 10.5. The Kier molecular flexibility index (Phi) is 5.86. The molecule has 2 aromatic carbocycles. The van der Waals surface area contributed by atoms with Gasteiger partial charge in [-0.1, -0.05) is 61.3 Å². The molecule has 1 heterocycles. The van der Waals surface area contributed by atoms with Gasteiger partial charge in [0.05, 0.1) is 5.92 Å². The van der Waals surface area contributed by atoms with Crippen molar-refractivity contribution in [2.45, 2.75) is 57.3 Å². The van der Waals surface area contributed by atoms with Crippen LogP contribution in [0.15, 0.2) is 59.8 Å². The van der Waals surface area contributed by atoms with E-state index in [0.717, 1.165) is 53.8 Å². The maximum atomic E-state index is 13.5. The normalized spacial score (nSPS) is 21.1. The Balaban J connectivity index is 1.97. The Hall–Kier alpha value is -2.39. The number of ketones is 2. The lowest BCUT2D eigenvalue weighted by molar-refractivity contribution is -0.121. The smallest absolute Gasteiger partial charge is 0.161 e. The highest BCUT2D eigenvalue weighted by Gasteiger charge is 2.41. The molecule has 29 heavy (non-hydrogen) atoms. The number of fused-ring (bicyclic) bond motifs is 1. The summed E-state index contributed by atoms with van der Waals surface area (Å²) in [6.07, 6.45) is 4.48. The third-order valence-electron chi connectivity index (χ3n) is 6.05. The Labute approximate surface area is 177 Å². The van der Waals surface area contributed by atoms with E-state index in [-0.39, 0.29) is 17.5 Å². The minimum atomic E-state index is -0.417. The summed E-state index contributed by atoms with van der Waals surface area (Å²) in [6, 6.07) is 15.6. The molecular formula is C25H26ClNO2. The second-order valence-electron chi connectivity index (χ2n) is 7.93. The topological polar surface area (TPSA) is 46.2 Å². The van der Waals surface area contributed by atoms with E-state index in [2.05, 4.69) is 12.2 Å². The Morgan fingerprint density at radius 2 is 1.79 bits per heavy atom. The van der Waals surface area contributed by atoms with Crippen LogP contribution in [0.3, 0.4) is 0 Å². The predicted octanol–water partition coefficient (Wildman–Crippen LogP) is 6.40. The molecule has 2 aliphatic rings. The van der Waals surface area contributed by atoms with Gasteiger partial charge in [-0.3, -0.25) is 9.59 Å². The summed E-state index contributed by atoms with van der Waals surface area (Å²) in [5.41, 5.74) is 4.45. The van der Waals surface area contributed by atoms with Crippen molar-refractivity contribution in [1.29, 1.82) is 0 Å². The molecule has 0 spiro atoms. The van der Waals surface area contributed by atoms with Gasteiger partial charge in [0.25, 0.3) is 0 Å². The molecule has 1 aliphatic heterocycles. The summed E-state index contributed by atoms with van der Waals surface area (Å²) in [4.78, 5) is 26.7. The van der Waals surface area contributed by atoms with E-state index in [1.807, 2.05) is 48.5 Å². The average molecular weight is 408 g/mol. The quantitative estimate of drug-likeness (QED) is 0.623. The SMILES string of the molecule is CCCCC(=O)C1c2ccccc2NC2=C(C(=O)CCC2)C1c1ccccc1Cl. The standard InChI is InChI=1S/C25H26ClNO2/c1-2-3-14-21(28)23-17-10-5-7-12-19(17)27-20-13-8-15-22(29)25(20)24(23)16-9-4-6-11-18(16)26/h4-7,9-12,23-24,27H,2-3,8,13-15H2,1H3. The van der Waals surface area contributed by atoms with Gasteiger partial charge in [0.15, 0.2) is 5.78 Å². The molecule has 0 bridgehead atoms. The lowest BCUT2D eigenvalue weighted by Crippen LogP contribution is -2.27. The van der Waals surface area contributed by atoms with E-state index in [0.29, 0.717) is 17.9 Å². The first-order chi connectivity index (χ1) is 14.1. The van der Waals surface area contributed by atoms with Crippen molar-refractivity contribution in [1.82, 2.24) is 0 Å². The van der Waals surface area contributed by atoms with Crippen LogP contribution in [0.25, 0.3) is 0 Å². The van der Waals surface area contributed by atoms with Crippen LogP contribution in [0.2, 0.25) is 5.02 Å². The highest BCUT2D eigenvalue weighted by Crippen LogP contribution is 2.49. The highest BCUT2D eigenvalue weighted by atomic mass is 35.5. The zero-order chi connectivity index (χ0) is 20.4. The summed E-state index contributed by atoms with van der Waals surface area (Å²) >= 11 is 6.63. The predicted molar refractivity (Wildman–Crippen MR) is 117 cm³/mol. The van der Waals surface area contributed by atoms with Crippen molar-refractivity contribution < 1.29 is 9.59 Å². The largest absolute Gasteiger partial charge is 0.358 e. The summed E-state index contributed by atoms with van der Waals surface area (Å²) in [5, 5.41) is 4.12.